The fraction of sp³-hybridized carbons (Fsp3) is 0.429. The molecule has 3 rings (SSSR count). The van der Waals surface area contributed by atoms with Crippen LogP contribution >= 0.6 is 0 Å². The second-order valence-electron chi connectivity index (χ2n) is 5.08. The van der Waals surface area contributed by atoms with E-state index in [1.807, 2.05) is 24.3 Å². The van der Waals surface area contributed by atoms with Gasteiger partial charge in [0.05, 0.1) is 5.92 Å². The van der Waals surface area contributed by atoms with Gasteiger partial charge in [-0.2, -0.15) is 0 Å². The summed E-state index contributed by atoms with van der Waals surface area (Å²) in [6.45, 7) is 1.55. The lowest BCUT2D eigenvalue weighted by atomic mass is 10.1. The van der Waals surface area contributed by atoms with E-state index in [1.165, 1.54) is 5.56 Å². The summed E-state index contributed by atoms with van der Waals surface area (Å²) in [5.41, 5.74) is 2.15. The van der Waals surface area contributed by atoms with E-state index in [1.54, 1.807) is 9.80 Å². The molecular formula is C14H16N2O3. The van der Waals surface area contributed by atoms with Gasteiger partial charge in [0.15, 0.2) is 0 Å². The van der Waals surface area contributed by atoms with Gasteiger partial charge in [-0.3, -0.25) is 9.69 Å². The first-order valence-corrected chi connectivity index (χ1v) is 6.54. The Bertz CT molecular complexity index is 529. The van der Waals surface area contributed by atoms with Gasteiger partial charge in [-0.05, 0) is 24.5 Å². The van der Waals surface area contributed by atoms with Crippen LogP contribution in [0.3, 0.4) is 0 Å². The van der Waals surface area contributed by atoms with Gasteiger partial charge in [-0.1, -0.05) is 18.2 Å². The Labute approximate surface area is 111 Å². The van der Waals surface area contributed by atoms with E-state index in [9.17, 15) is 9.59 Å². The van der Waals surface area contributed by atoms with Crippen molar-refractivity contribution in [2.75, 3.05) is 24.5 Å². The first-order chi connectivity index (χ1) is 9.16. The Morgan fingerprint density at radius 2 is 2.00 bits per heavy atom. The standard InChI is InChI=1S/C14H16N2O3/c17-13(18)11-5-7-15(9-11)14(19)16-8-6-10-3-1-2-4-12(10)16/h1-4,11H,5-9H2,(H,17,18). The minimum atomic E-state index is -0.808. The van der Waals surface area contributed by atoms with Gasteiger partial charge in [-0.25, -0.2) is 4.79 Å². The Balaban J connectivity index is 1.74. The Kier molecular flexibility index (Phi) is 2.89. The van der Waals surface area contributed by atoms with E-state index in [-0.39, 0.29) is 6.03 Å². The number of amides is 2. The number of para-hydroxylation sites is 1. The fourth-order valence-corrected chi connectivity index (χ4v) is 2.84. The van der Waals surface area contributed by atoms with Crippen molar-refractivity contribution < 1.29 is 14.7 Å². The van der Waals surface area contributed by atoms with Gasteiger partial charge in [0.2, 0.25) is 0 Å². The number of fused-ring (bicyclic) bond motifs is 1. The zero-order chi connectivity index (χ0) is 13.4. The zero-order valence-electron chi connectivity index (χ0n) is 10.6. The van der Waals surface area contributed by atoms with Crippen molar-refractivity contribution in [3.8, 4) is 0 Å². The molecule has 2 heterocycles. The van der Waals surface area contributed by atoms with Crippen LogP contribution < -0.4 is 4.90 Å². The number of carbonyl (C=O) groups excluding carboxylic acids is 1. The largest absolute Gasteiger partial charge is 0.481 e. The molecular weight excluding hydrogens is 244 g/mol. The Morgan fingerprint density at radius 1 is 1.21 bits per heavy atom. The SMILES string of the molecule is O=C(O)C1CCN(C(=O)N2CCc3ccccc32)C1. The summed E-state index contributed by atoms with van der Waals surface area (Å²) < 4.78 is 0. The van der Waals surface area contributed by atoms with E-state index >= 15 is 0 Å². The number of rotatable bonds is 1. The minimum absolute atomic E-state index is 0.0614. The number of carbonyl (C=O) groups is 2. The van der Waals surface area contributed by atoms with Crippen molar-refractivity contribution in [1.29, 1.82) is 0 Å². The normalized spacial score (nSPS) is 21.6. The molecule has 2 amide bonds. The van der Waals surface area contributed by atoms with Gasteiger partial charge in [0, 0.05) is 25.3 Å². The van der Waals surface area contributed by atoms with Crippen LogP contribution in [0, 0.1) is 5.92 Å². The highest BCUT2D eigenvalue weighted by molar-refractivity contribution is 5.94. The van der Waals surface area contributed by atoms with Gasteiger partial charge in [-0.15, -0.1) is 0 Å². The number of hydrogen-bond donors (Lipinski definition) is 1. The maximum absolute atomic E-state index is 12.4. The number of likely N-dealkylation sites (tertiary alicyclic amines) is 1. The molecule has 1 aromatic carbocycles. The molecule has 1 unspecified atom stereocenters. The van der Waals surface area contributed by atoms with E-state index in [2.05, 4.69) is 0 Å². The Hall–Kier alpha value is -2.04. The monoisotopic (exact) mass is 260 g/mol. The molecule has 100 valence electrons. The van der Waals surface area contributed by atoms with Crippen molar-refractivity contribution in [1.82, 2.24) is 4.90 Å². The minimum Gasteiger partial charge on any atom is -0.481 e. The van der Waals surface area contributed by atoms with Crippen LogP contribution in [0.25, 0.3) is 0 Å². The molecule has 1 saturated heterocycles. The quantitative estimate of drug-likeness (QED) is 0.833. The molecule has 0 spiro atoms. The summed E-state index contributed by atoms with van der Waals surface area (Å²) >= 11 is 0. The lowest BCUT2D eigenvalue weighted by molar-refractivity contribution is -0.141. The average molecular weight is 260 g/mol. The molecule has 2 aliphatic heterocycles. The van der Waals surface area contributed by atoms with Crippen molar-refractivity contribution in [2.45, 2.75) is 12.8 Å². The predicted molar refractivity (Wildman–Crippen MR) is 70.2 cm³/mol. The van der Waals surface area contributed by atoms with Crippen LogP contribution in [0.4, 0.5) is 10.5 Å². The molecule has 5 heteroatoms. The second kappa shape index (κ2) is 4.57. The van der Waals surface area contributed by atoms with Crippen LogP contribution in [-0.4, -0.2) is 41.6 Å². The third kappa shape index (κ3) is 2.05. The highest BCUT2D eigenvalue weighted by Crippen LogP contribution is 2.29. The van der Waals surface area contributed by atoms with Crippen LogP contribution in [0.1, 0.15) is 12.0 Å². The van der Waals surface area contributed by atoms with Crippen molar-refractivity contribution in [3.63, 3.8) is 0 Å². The predicted octanol–water partition coefficient (Wildman–Crippen LogP) is 1.58. The molecule has 0 radical (unpaired) electrons. The number of benzene rings is 1. The van der Waals surface area contributed by atoms with E-state index < -0.39 is 11.9 Å². The molecule has 1 N–H and O–H groups in total. The van der Waals surface area contributed by atoms with Gasteiger partial charge in [0.1, 0.15) is 0 Å². The number of nitrogens with zero attached hydrogens (tertiary/aromatic N) is 2. The number of hydrogen-bond acceptors (Lipinski definition) is 2. The number of aliphatic carboxylic acids is 1. The molecule has 0 aliphatic carbocycles. The van der Waals surface area contributed by atoms with E-state index in [0.717, 1.165) is 12.1 Å². The topological polar surface area (TPSA) is 60.9 Å². The lowest BCUT2D eigenvalue weighted by Gasteiger charge is -2.24. The van der Waals surface area contributed by atoms with Gasteiger partial charge >= 0.3 is 12.0 Å². The molecule has 0 aromatic heterocycles. The molecule has 1 fully saturated rings. The van der Waals surface area contributed by atoms with Gasteiger partial charge < -0.3 is 10.0 Å². The summed E-state index contributed by atoms with van der Waals surface area (Å²) in [6, 6.07) is 7.82. The van der Waals surface area contributed by atoms with E-state index in [4.69, 9.17) is 5.11 Å². The van der Waals surface area contributed by atoms with Crippen molar-refractivity contribution in [3.05, 3.63) is 29.8 Å². The maximum atomic E-state index is 12.4. The van der Waals surface area contributed by atoms with Crippen LogP contribution in [0.2, 0.25) is 0 Å². The summed E-state index contributed by atoms with van der Waals surface area (Å²) in [5.74, 6) is -1.22. The van der Waals surface area contributed by atoms with Crippen molar-refractivity contribution in [2.24, 2.45) is 5.92 Å². The fourth-order valence-electron chi connectivity index (χ4n) is 2.84. The van der Waals surface area contributed by atoms with Gasteiger partial charge in [0.25, 0.3) is 0 Å². The Morgan fingerprint density at radius 3 is 2.74 bits per heavy atom. The average Bonchev–Trinajstić information content (AvgIpc) is 3.05. The smallest absolute Gasteiger partial charge is 0.324 e. The molecule has 0 saturated carbocycles. The number of carboxylic acid groups (broad SMARTS) is 1. The molecule has 0 bridgehead atoms. The first kappa shape index (κ1) is 12.0. The third-order valence-electron chi connectivity index (χ3n) is 3.93. The molecule has 2 aliphatic rings. The first-order valence-electron chi connectivity index (χ1n) is 6.54. The summed E-state index contributed by atoms with van der Waals surface area (Å²) in [6.07, 6.45) is 1.43. The molecule has 19 heavy (non-hydrogen) atoms. The zero-order valence-corrected chi connectivity index (χ0v) is 10.6. The highest BCUT2D eigenvalue weighted by atomic mass is 16.4. The summed E-state index contributed by atoms with van der Waals surface area (Å²) in [7, 11) is 0. The van der Waals surface area contributed by atoms with Crippen LogP contribution in [-0.2, 0) is 11.2 Å². The highest BCUT2D eigenvalue weighted by Gasteiger charge is 2.35. The summed E-state index contributed by atoms with van der Waals surface area (Å²) in [4.78, 5) is 26.8. The number of anilines is 1. The van der Waals surface area contributed by atoms with Crippen LogP contribution in [0.15, 0.2) is 24.3 Å². The number of urea groups is 1. The third-order valence-corrected chi connectivity index (χ3v) is 3.93. The summed E-state index contributed by atoms with van der Waals surface area (Å²) in [5, 5.41) is 8.98. The number of carboxylic acids is 1. The van der Waals surface area contributed by atoms with Crippen molar-refractivity contribution >= 4 is 17.7 Å². The lowest BCUT2D eigenvalue weighted by Crippen LogP contribution is -2.41. The van der Waals surface area contributed by atoms with E-state index in [0.29, 0.717) is 26.1 Å². The maximum Gasteiger partial charge on any atom is 0.324 e. The molecule has 1 atom stereocenters. The van der Waals surface area contributed by atoms with Crippen LogP contribution in [0.5, 0.6) is 0 Å². The second-order valence-corrected chi connectivity index (χ2v) is 5.08. The molecule has 1 aromatic rings. The molecule has 5 nitrogen and oxygen atoms in total.